The Labute approximate surface area is 119 Å². The minimum atomic E-state index is 0.378. The standard InChI is InChI=1S/C15H22N4O/c1-7-16-14-12(8(2)3)9(4)17-15(18-14)13-10(5)19-20-11(13)6/h8H,7H2,1-6H3,(H,16,17,18). The summed E-state index contributed by atoms with van der Waals surface area (Å²) in [6.07, 6.45) is 0. The lowest BCUT2D eigenvalue weighted by Crippen LogP contribution is -2.09. The zero-order valence-electron chi connectivity index (χ0n) is 13.0. The van der Waals surface area contributed by atoms with Crippen LogP contribution in [0.5, 0.6) is 0 Å². The number of aromatic nitrogens is 3. The first-order valence-corrected chi connectivity index (χ1v) is 7.01. The van der Waals surface area contributed by atoms with Gasteiger partial charge in [-0.25, -0.2) is 9.97 Å². The van der Waals surface area contributed by atoms with Gasteiger partial charge in [0.05, 0.1) is 11.3 Å². The molecule has 0 spiro atoms. The monoisotopic (exact) mass is 274 g/mol. The van der Waals surface area contributed by atoms with Gasteiger partial charge in [-0.3, -0.25) is 0 Å². The van der Waals surface area contributed by atoms with Gasteiger partial charge in [0.2, 0.25) is 0 Å². The molecule has 2 rings (SSSR count). The fourth-order valence-electron chi connectivity index (χ4n) is 2.49. The molecule has 2 heterocycles. The lowest BCUT2D eigenvalue weighted by Gasteiger charge is -2.16. The molecule has 108 valence electrons. The minimum Gasteiger partial charge on any atom is -0.370 e. The molecule has 1 N–H and O–H groups in total. The van der Waals surface area contributed by atoms with Crippen LogP contribution in [-0.2, 0) is 0 Å². The summed E-state index contributed by atoms with van der Waals surface area (Å²) < 4.78 is 5.22. The number of anilines is 1. The number of nitrogens with one attached hydrogen (secondary N) is 1. The van der Waals surface area contributed by atoms with Crippen molar-refractivity contribution in [3.63, 3.8) is 0 Å². The summed E-state index contributed by atoms with van der Waals surface area (Å²) in [6.45, 7) is 13.0. The Bertz CT molecular complexity index is 597. The second-order valence-corrected chi connectivity index (χ2v) is 5.28. The van der Waals surface area contributed by atoms with Crippen molar-refractivity contribution in [2.45, 2.75) is 47.5 Å². The molecule has 0 aromatic carbocycles. The van der Waals surface area contributed by atoms with Crippen LogP contribution in [0, 0.1) is 20.8 Å². The number of rotatable bonds is 4. The molecule has 0 aliphatic heterocycles. The molecular formula is C15H22N4O. The van der Waals surface area contributed by atoms with Gasteiger partial charge in [-0.05, 0) is 33.6 Å². The number of aryl methyl sites for hydroxylation is 3. The first kappa shape index (κ1) is 14.5. The van der Waals surface area contributed by atoms with Crippen molar-refractivity contribution >= 4 is 5.82 Å². The number of hydrogen-bond donors (Lipinski definition) is 1. The molecule has 0 atom stereocenters. The van der Waals surface area contributed by atoms with Crippen LogP contribution in [0.3, 0.4) is 0 Å². The summed E-state index contributed by atoms with van der Waals surface area (Å²) in [5.74, 6) is 2.72. The van der Waals surface area contributed by atoms with Gasteiger partial charge in [-0.15, -0.1) is 0 Å². The highest BCUT2D eigenvalue weighted by molar-refractivity contribution is 5.63. The quantitative estimate of drug-likeness (QED) is 0.922. The van der Waals surface area contributed by atoms with Crippen molar-refractivity contribution in [3.05, 3.63) is 22.7 Å². The number of hydrogen-bond acceptors (Lipinski definition) is 5. The lowest BCUT2D eigenvalue weighted by molar-refractivity contribution is 0.393. The van der Waals surface area contributed by atoms with Crippen molar-refractivity contribution in [1.82, 2.24) is 15.1 Å². The molecule has 0 saturated carbocycles. The van der Waals surface area contributed by atoms with Gasteiger partial charge in [0.15, 0.2) is 5.82 Å². The molecule has 0 aliphatic carbocycles. The third-order valence-electron chi connectivity index (χ3n) is 3.31. The molecule has 0 saturated heterocycles. The lowest BCUT2D eigenvalue weighted by atomic mass is 10.0. The van der Waals surface area contributed by atoms with E-state index in [9.17, 15) is 0 Å². The molecule has 2 aromatic heterocycles. The summed E-state index contributed by atoms with van der Waals surface area (Å²) in [7, 11) is 0. The Morgan fingerprint density at radius 1 is 1.10 bits per heavy atom. The Balaban J connectivity index is 2.63. The summed E-state index contributed by atoms with van der Waals surface area (Å²) in [6, 6.07) is 0. The molecule has 20 heavy (non-hydrogen) atoms. The van der Waals surface area contributed by atoms with E-state index in [1.165, 1.54) is 5.56 Å². The third-order valence-corrected chi connectivity index (χ3v) is 3.31. The largest absolute Gasteiger partial charge is 0.370 e. The molecule has 0 bridgehead atoms. The summed E-state index contributed by atoms with van der Waals surface area (Å²) in [5, 5.41) is 7.32. The molecule has 0 radical (unpaired) electrons. The Kier molecular flexibility index (Phi) is 4.06. The molecule has 0 amide bonds. The predicted octanol–water partition coefficient (Wildman–Crippen LogP) is 3.61. The van der Waals surface area contributed by atoms with E-state index < -0.39 is 0 Å². The predicted molar refractivity (Wildman–Crippen MR) is 80.0 cm³/mol. The molecule has 0 unspecified atom stereocenters. The Morgan fingerprint density at radius 2 is 1.80 bits per heavy atom. The van der Waals surface area contributed by atoms with Crippen molar-refractivity contribution in [2.75, 3.05) is 11.9 Å². The van der Waals surface area contributed by atoms with E-state index in [1.807, 2.05) is 20.8 Å². The maximum atomic E-state index is 5.22. The normalized spacial score (nSPS) is 11.2. The summed E-state index contributed by atoms with van der Waals surface area (Å²) in [5.41, 5.74) is 3.88. The molecule has 2 aromatic rings. The van der Waals surface area contributed by atoms with Crippen LogP contribution in [-0.4, -0.2) is 21.7 Å². The van der Waals surface area contributed by atoms with E-state index in [0.29, 0.717) is 11.7 Å². The summed E-state index contributed by atoms with van der Waals surface area (Å²) >= 11 is 0. The van der Waals surface area contributed by atoms with Gasteiger partial charge in [-0.2, -0.15) is 0 Å². The fourth-order valence-corrected chi connectivity index (χ4v) is 2.49. The zero-order valence-corrected chi connectivity index (χ0v) is 13.0. The highest BCUT2D eigenvalue weighted by atomic mass is 16.5. The van der Waals surface area contributed by atoms with Crippen molar-refractivity contribution < 1.29 is 4.52 Å². The molecular weight excluding hydrogens is 252 g/mol. The van der Waals surface area contributed by atoms with Crippen LogP contribution < -0.4 is 5.32 Å². The van der Waals surface area contributed by atoms with Crippen molar-refractivity contribution in [3.8, 4) is 11.4 Å². The third kappa shape index (κ3) is 2.53. The van der Waals surface area contributed by atoms with E-state index in [2.05, 4.69) is 41.2 Å². The first-order valence-electron chi connectivity index (χ1n) is 7.01. The van der Waals surface area contributed by atoms with Gasteiger partial charge in [0.25, 0.3) is 0 Å². The maximum absolute atomic E-state index is 5.22. The van der Waals surface area contributed by atoms with Crippen LogP contribution in [0.1, 0.15) is 49.4 Å². The summed E-state index contributed by atoms with van der Waals surface area (Å²) in [4.78, 5) is 9.34. The number of nitrogens with zero attached hydrogens (tertiary/aromatic N) is 3. The van der Waals surface area contributed by atoms with E-state index in [1.54, 1.807) is 0 Å². The highest BCUT2D eigenvalue weighted by Crippen LogP contribution is 2.30. The van der Waals surface area contributed by atoms with Gasteiger partial charge in [0.1, 0.15) is 11.6 Å². The zero-order chi connectivity index (χ0) is 14.9. The average Bonchev–Trinajstić information content (AvgIpc) is 2.68. The molecule has 5 nitrogen and oxygen atoms in total. The molecule has 5 heteroatoms. The SMILES string of the molecule is CCNc1nc(-c2c(C)noc2C)nc(C)c1C(C)C. The van der Waals surface area contributed by atoms with E-state index in [-0.39, 0.29) is 0 Å². The van der Waals surface area contributed by atoms with E-state index in [0.717, 1.165) is 35.1 Å². The van der Waals surface area contributed by atoms with Gasteiger partial charge < -0.3 is 9.84 Å². The van der Waals surface area contributed by atoms with Gasteiger partial charge >= 0.3 is 0 Å². The minimum absolute atomic E-state index is 0.378. The van der Waals surface area contributed by atoms with Crippen LogP contribution in [0.2, 0.25) is 0 Å². The van der Waals surface area contributed by atoms with Gasteiger partial charge in [-0.1, -0.05) is 19.0 Å². The fraction of sp³-hybridized carbons (Fsp3) is 0.533. The highest BCUT2D eigenvalue weighted by Gasteiger charge is 2.19. The Morgan fingerprint density at radius 3 is 2.30 bits per heavy atom. The van der Waals surface area contributed by atoms with Gasteiger partial charge in [0, 0.05) is 17.8 Å². The molecule has 0 aliphatic rings. The topological polar surface area (TPSA) is 63.8 Å². The van der Waals surface area contributed by atoms with Crippen molar-refractivity contribution in [2.24, 2.45) is 0 Å². The van der Waals surface area contributed by atoms with Crippen LogP contribution in [0.15, 0.2) is 4.52 Å². The average molecular weight is 274 g/mol. The second kappa shape index (κ2) is 5.61. The van der Waals surface area contributed by atoms with Crippen LogP contribution in [0.4, 0.5) is 5.82 Å². The molecule has 0 fully saturated rings. The second-order valence-electron chi connectivity index (χ2n) is 5.28. The van der Waals surface area contributed by atoms with Crippen LogP contribution >= 0.6 is 0 Å². The maximum Gasteiger partial charge on any atom is 0.167 e. The van der Waals surface area contributed by atoms with Crippen molar-refractivity contribution in [1.29, 1.82) is 0 Å². The Hall–Kier alpha value is -1.91. The first-order chi connectivity index (χ1) is 9.45. The van der Waals surface area contributed by atoms with Crippen LogP contribution in [0.25, 0.3) is 11.4 Å². The van der Waals surface area contributed by atoms with E-state index in [4.69, 9.17) is 4.52 Å². The van der Waals surface area contributed by atoms with E-state index >= 15 is 0 Å². The smallest absolute Gasteiger partial charge is 0.167 e.